The monoisotopic (exact) mass is 387 g/mol. The van der Waals surface area contributed by atoms with E-state index in [1.165, 1.54) is 12.8 Å². The minimum atomic E-state index is 0.223. The number of hydrogen-bond acceptors (Lipinski definition) is 4. The van der Waals surface area contributed by atoms with Gasteiger partial charge in [0, 0.05) is 65.0 Å². The average molecular weight is 388 g/mol. The number of amides is 1. The number of carbonyl (C=O) groups is 1. The van der Waals surface area contributed by atoms with E-state index in [4.69, 9.17) is 4.74 Å². The lowest BCUT2D eigenvalue weighted by Crippen LogP contribution is -2.42. The van der Waals surface area contributed by atoms with Crippen LogP contribution >= 0.6 is 0 Å². The van der Waals surface area contributed by atoms with Crippen LogP contribution in [-0.2, 0) is 16.1 Å². The van der Waals surface area contributed by atoms with Crippen LogP contribution in [0.3, 0.4) is 0 Å². The van der Waals surface area contributed by atoms with Crippen LogP contribution in [0.4, 0.5) is 5.69 Å². The van der Waals surface area contributed by atoms with Gasteiger partial charge in [0.25, 0.3) is 0 Å². The fourth-order valence-corrected chi connectivity index (χ4v) is 3.56. The van der Waals surface area contributed by atoms with Crippen molar-refractivity contribution in [2.45, 2.75) is 38.3 Å². The maximum absolute atomic E-state index is 11.8. The minimum Gasteiger partial charge on any atom is -0.383 e. The molecule has 1 aliphatic carbocycles. The molecule has 7 nitrogen and oxygen atoms in total. The highest BCUT2D eigenvalue weighted by Crippen LogP contribution is 2.26. The van der Waals surface area contributed by atoms with Gasteiger partial charge in [-0.2, -0.15) is 0 Å². The summed E-state index contributed by atoms with van der Waals surface area (Å²) in [6.07, 6.45) is 4.22. The van der Waals surface area contributed by atoms with Gasteiger partial charge < -0.3 is 20.3 Å². The molecule has 2 fully saturated rings. The van der Waals surface area contributed by atoms with Crippen LogP contribution in [0.5, 0.6) is 0 Å². The van der Waals surface area contributed by atoms with Crippen molar-refractivity contribution in [3.05, 3.63) is 29.8 Å². The van der Waals surface area contributed by atoms with E-state index in [1.807, 2.05) is 17.0 Å². The molecule has 154 valence electrons. The smallest absolute Gasteiger partial charge is 0.227 e. The maximum Gasteiger partial charge on any atom is 0.227 e. The Kier molecular flexibility index (Phi) is 7.68. The Morgan fingerprint density at radius 3 is 2.64 bits per heavy atom. The van der Waals surface area contributed by atoms with Crippen molar-refractivity contribution in [3.8, 4) is 0 Å². The van der Waals surface area contributed by atoms with Crippen LogP contribution in [0, 0.1) is 0 Å². The third-order valence-electron chi connectivity index (χ3n) is 5.34. The normalized spacial score (nSPS) is 17.5. The van der Waals surface area contributed by atoms with Crippen molar-refractivity contribution < 1.29 is 9.53 Å². The number of ether oxygens (including phenoxy) is 1. The molecule has 2 N–H and O–H groups in total. The molecule has 7 heteroatoms. The van der Waals surface area contributed by atoms with Gasteiger partial charge in [-0.1, -0.05) is 12.1 Å². The van der Waals surface area contributed by atoms with Crippen LogP contribution in [0.2, 0.25) is 0 Å². The second-order valence-corrected chi connectivity index (χ2v) is 7.43. The van der Waals surface area contributed by atoms with Crippen molar-refractivity contribution >= 4 is 17.6 Å². The molecule has 1 aromatic rings. The number of nitrogens with one attached hydrogen (secondary N) is 2. The van der Waals surface area contributed by atoms with Gasteiger partial charge >= 0.3 is 0 Å². The molecular weight excluding hydrogens is 354 g/mol. The molecule has 0 bridgehead atoms. The second-order valence-electron chi connectivity index (χ2n) is 7.43. The first-order valence-electron chi connectivity index (χ1n) is 10.3. The van der Waals surface area contributed by atoms with Crippen LogP contribution < -0.4 is 15.5 Å². The summed E-state index contributed by atoms with van der Waals surface area (Å²) >= 11 is 0. The van der Waals surface area contributed by atoms with E-state index in [0.29, 0.717) is 13.0 Å². The van der Waals surface area contributed by atoms with Crippen molar-refractivity contribution in [3.63, 3.8) is 0 Å². The van der Waals surface area contributed by atoms with Crippen LogP contribution in [0.15, 0.2) is 29.3 Å². The number of hydrogen-bond donors (Lipinski definition) is 2. The number of guanidine groups is 1. The third-order valence-corrected chi connectivity index (χ3v) is 5.34. The lowest BCUT2D eigenvalue weighted by molar-refractivity contribution is -0.117. The number of rotatable bonds is 10. The summed E-state index contributed by atoms with van der Waals surface area (Å²) in [5.74, 6) is 1.03. The summed E-state index contributed by atoms with van der Waals surface area (Å²) in [7, 11) is 3.55. The van der Waals surface area contributed by atoms with E-state index in [2.05, 4.69) is 32.7 Å². The summed E-state index contributed by atoms with van der Waals surface area (Å²) in [5.41, 5.74) is 2.16. The molecule has 0 atom stereocenters. The number of methoxy groups -OCH3 is 1. The number of aliphatic imine (C=N–C) groups is 1. The summed E-state index contributed by atoms with van der Waals surface area (Å²) in [4.78, 5) is 20.5. The molecule has 1 saturated carbocycles. The Bertz CT molecular complexity index is 657. The summed E-state index contributed by atoms with van der Waals surface area (Å²) < 4.78 is 5.21. The second kappa shape index (κ2) is 10.4. The van der Waals surface area contributed by atoms with E-state index in [0.717, 1.165) is 62.5 Å². The van der Waals surface area contributed by atoms with Gasteiger partial charge in [-0.05, 0) is 37.0 Å². The molecule has 0 spiro atoms. The quantitative estimate of drug-likeness (QED) is 0.471. The molecule has 1 aliphatic heterocycles. The Balaban J connectivity index is 1.40. The zero-order valence-electron chi connectivity index (χ0n) is 17.1. The van der Waals surface area contributed by atoms with Crippen molar-refractivity contribution in [2.24, 2.45) is 4.99 Å². The lowest BCUT2D eigenvalue weighted by Gasteiger charge is -2.22. The number of nitrogens with zero attached hydrogens (tertiary/aromatic N) is 3. The van der Waals surface area contributed by atoms with Crippen molar-refractivity contribution in [2.75, 3.05) is 51.8 Å². The van der Waals surface area contributed by atoms with E-state index in [1.54, 1.807) is 14.2 Å². The predicted octanol–water partition coefficient (Wildman–Crippen LogP) is 1.59. The molecule has 1 heterocycles. The number of carbonyl (C=O) groups excluding carboxylic acids is 1. The molecule has 1 amide bonds. The summed E-state index contributed by atoms with van der Waals surface area (Å²) in [6, 6.07) is 8.93. The minimum absolute atomic E-state index is 0.223. The highest BCUT2D eigenvalue weighted by Gasteiger charge is 2.28. The van der Waals surface area contributed by atoms with Gasteiger partial charge in [0.05, 0.1) is 6.61 Å². The van der Waals surface area contributed by atoms with E-state index in [9.17, 15) is 4.79 Å². The Labute approximate surface area is 168 Å². The largest absolute Gasteiger partial charge is 0.383 e. The highest BCUT2D eigenvalue weighted by molar-refractivity contribution is 5.95. The summed E-state index contributed by atoms with van der Waals surface area (Å²) in [5, 5.41) is 6.76. The van der Waals surface area contributed by atoms with Crippen molar-refractivity contribution in [1.29, 1.82) is 0 Å². The van der Waals surface area contributed by atoms with Gasteiger partial charge in [0.15, 0.2) is 5.96 Å². The predicted molar refractivity (Wildman–Crippen MR) is 113 cm³/mol. The standard InChI is InChI=1S/C21H33N5O2/c1-22-21(23-11-13-25(14-15-28-2)18-9-10-18)24-16-17-5-7-19(8-6-17)26-12-3-4-20(26)27/h5-8,18H,3-4,9-16H2,1-2H3,(H2,22,23,24). The Morgan fingerprint density at radius 2 is 2.04 bits per heavy atom. The van der Waals surface area contributed by atoms with Crippen LogP contribution in [0.1, 0.15) is 31.2 Å². The summed E-state index contributed by atoms with van der Waals surface area (Å²) in [6.45, 7) is 5.14. The molecular formula is C21H33N5O2. The van der Waals surface area contributed by atoms with E-state index >= 15 is 0 Å². The molecule has 2 aliphatic rings. The number of benzene rings is 1. The molecule has 0 unspecified atom stereocenters. The lowest BCUT2D eigenvalue weighted by atomic mass is 10.2. The van der Waals surface area contributed by atoms with Crippen molar-refractivity contribution in [1.82, 2.24) is 15.5 Å². The first-order chi connectivity index (χ1) is 13.7. The first kappa shape index (κ1) is 20.6. The molecule has 0 aromatic heterocycles. The van der Waals surface area contributed by atoms with Gasteiger partial charge in [0.1, 0.15) is 0 Å². The topological polar surface area (TPSA) is 69.2 Å². The zero-order chi connectivity index (χ0) is 19.8. The molecule has 28 heavy (non-hydrogen) atoms. The van der Waals surface area contributed by atoms with Gasteiger partial charge in [-0.25, -0.2) is 0 Å². The molecule has 3 rings (SSSR count). The molecule has 1 saturated heterocycles. The van der Waals surface area contributed by atoms with Crippen LogP contribution in [-0.4, -0.2) is 69.8 Å². The Morgan fingerprint density at radius 1 is 1.25 bits per heavy atom. The van der Waals surface area contributed by atoms with E-state index in [-0.39, 0.29) is 5.91 Å². The highest BCUT2D eigenvalue weighted by atomic mass is 16.5. The van der Waals surface area contributed by atoms with Gasteiger partial charge in [0.2, 0.25) is 5.91 Å². The van der Waals surface area contributed by atoms with E-state index < -0.39 is 0 Å². The SMILES string of the molecule is CN=C(NCCN(CCOC)C1CC1)NCc1ccc(N2CCCC2=O)cc1. The molecule has 1 aromatic carbocycles. The average Bonchev–Trinajstić information content (AvgIpc) is 3.48. The van der Waals surface area contributed by atoms with Crippen LogP contribution in [0.25, 0.3) is 0 Å². The van der Waals surface area contributed by atoms with Gasteiger partial charge in [-0.3, -0.25) is 14.7 Å². The fourth-order valence-electron chi connectivity index (χ4n) is 3.56. The first-order valence-corrected chi connectivity index (χ1v) is 10.3. The Hall–Kier alpha value is -2.12. The van der Waals surface area contributed by atoms with Gasteiger partial charge in [-0.15, -0.1) is 0 Å². The number of anilines is 1. The third kappa shape index (κ3) is 5.94. The maximum atomic E-state index is 11.8. The fraction of sp³-hybridized carbons (Fsp3) is 0.619. The molecule has 0 radical (unpaired) electrons. The zero-order valence-corrected chi connectivity index (χ0v) is 17.1.